The van der Waals surface area contributed by atoms with Gasteiger partial charge in [-0.1, -0.05) is 19.1 Å². The molecule has 2 aromatic rings. The maximum absolute atomic E-state index is 12.5. The number of amides is 1. The van der Waals surface area contributed by atoms with Crippen LogP contribution in [0.5, 0.6) is 0 Å². The first-order valence-corrected chi connectivity index (χ1v) is 8.64. The van der Waals surface area contributed by atoms with Gasteiger partial charge in [0.1, 0.15) is 5.82 Å². The summed E-state index contributed by atoms with van der Waals surface area (Å²) in [6.07, 6.45) is 1.23. The molecule has 2 N–H and O–H groups in total. The molecule has 0 unspecified atom stereocenters. The summed E-state index contributed by atoms with van der Waals surface area (Å²) in [5.74, 6) is 0.923. The van der Waals surface area contributed by atoms with Crippen molar-refractivity contribution in [3.8, 4) is 0 Å². The second-order valence-electron chi connectivity index (χ2n) is 6.41. The molecule has 6 nitrogen and oxygen atoms in total. The van der Waals surface area contributed by atoms with Crippen molar-refractivity contribution in [2.75, 3.05) is 19.7 Å². The summed E-state index contributed by atoms with van der Waals surface area (Å²) >= 11 is 0. The van der Waals surface area contributed by atoms with E-state index in [0.717, 1.165) is 23.3 Å². The molecule has 2 heterocycles. The number of aryl methyl sites for hydroxylation is 2. The number of fused-ring (bicyclic) bond motifs is 1. The first-order chi connectivity index (χ1) is 11.6. The smallest absolute Gasteiger partial charge is 0.224 e. The van der Waals surface area contributed by atoms with Crippen LogP contribution in [-0.2, 0) is 17.8 Å². The minimum absolute atomic E-state index is 0.0237. The number of hydrogen-bond acceptors (Lipinski definition) is 4. The molecule has 1 amide bonds. The molecule has 1 aromatic carbocycles. The predicted molar refractivity (Wildman–Crippen MR) is 91.5 cm³/mol. The Bertz CT molecular complexity index is 713. The van der Waals surface area contributed by atoms with E-state index in [1.807, 2.05) is 24.3 Å². The van der Waals surface area contributed by atoms with Crippen molar-refractivity contribution in [3.05, 3.63) is 30.1 Å². The highest BCUT2D eigenvalue weighted by molar-refractivity contribution is 5.78. The number of aliphatic hydroxyl groups is 2. The fraction of sp³-hybridized carbons (Fsp3) is 0.556. The molecule has 0 bridgehead atoms. The van der Waals surface area contributed by atoms with Crippen molar-refractivity contribution in [2.24, 2.45) is 5.92 Å². The fourth-order valence-electron chi connectivity index (χ4n) is 3.43. The van der Waals surface area contributed by atoms with E-state index in [2.05, 4.69) is 16.5 Å². The van der Waals surface area contributed by atoms with Crippen molar-refractivity contribution in [2.45, 2.75) is 38.8 Å². The normalized spacial score (nSPS) is 21.4. The lowest BCUT2D eigenvalue weighted by atomic mass is 9.94. The molecule has 1 saturated heterocycles. The van der Waals surface area contributed by atoms with Crippen LogP contribution < -0.4 is 0 Å². The maximum atomic E-state index is 12.5. The largest absolute Gasteiger partial charge is 0.396 e. The number of likely N-dealkylation sites (tertiary alicyclic amines) is 1. The zero-order valence-corrected chi connectivity index (χ0v) is 14.1. The summed E-state index contributed by atoms with van der Waals surface area (Å²) in [6.45, 7) is 3.56. The number of piperidine rings is 1. The van der Waals surface area contributed by atoms with Gasteiger partial charge in [0.15, 0.2) is 0 Å². The number of carbonyl (C=O) groups excluding carboxylic acids is 1. The van der Waals surface area contributed by atoms with E-state index >= 15 is 0 Å². The van der Waals surface area contributed by atoms with Crippen LogP contribution in [0.3, 0.4) is 0 Å². The Morgan fingerprint density at radius 1 is 1.38 bits per heavy atom. The number of para-hydroxylation sites is 2. The first-order valence-electron chi connectivity index (χ1n) is 8.64. The molecule has 1 fully saturated rings. The first kappa shape index (κ1) is 16.9. The Kier molecular flexibility index (Phi) is 5.16. The average molecular weight is 331 g/mol. The van der Waals surface area contributed by atoms with Gasteiger partial charge in [-0.15, -0.1) is 0 Å². The van der Waals surface area contributed by atoms with Gasteiger partial charge >= 0.3 is 0 Å². The highest BCUT2D eigenvalue weighted by Gasteiger charge is 2.29. The second kappa shape index (κ2) is 7.32. The van der Waals surface area contributed by atoms with Crippen LogP contribution in [0.2, 0.25) is 0 Å². The van der Waals surface area contributed by atoms with Gasteiger partial charge in [-0.05, 0) is 18.6 Å². The predicted octanol–water partition coefficient (Wildman–Crippen LogP) is 1.19. The number of aromatic nitrogens is 2. The lowest BCUT2D eigenvalue weighted by Gasteiger charge is -2.35. The Morgan fingerprint density at radius 3 is 2.88 bits per heavy atom. The molecule has 24 heavy (non-hydrogen) atoms. The number of rotatable bonds is 5. The molecule has 6 heteroatoms. The number of hydrogen-bond donors (Lipinski definition) is 2. The number of carbonyl (C=O) groups is 1. The summed E-state index contributed by atoms with van der Waals surface area (Å²) in [5, 5.41) is 19.2. The molecule has 1 aliphatic heterocycles. The topological polar surface area (TPSA) is 78.6 Å². The molecule has 1 aromatic heterocycles. The van der Waals surface area contributed by atoms with Crippen molar-refractivity contribution in [3.63, 3.8) is 0 Å². The highest BCUT2D eigenvalue weighted by atomic mass is 16.3. The number of nitrogens with zero attached hydrogens (tertiary/aromatic N) is 3. The van der Waals surface area contributed by atoms with Gasteiger partial charge in [-0.2, -0.15) is 0 Å². The third-order valence-electron chi connectivity index (χ3n) is 4.91. The zero-order chi connectivity index (χ0) is 17.1. The van der Waals surface area contributed by atoms with Gasteiger partial charge in [-0.3, -0.25) is 4.79 Å². The van der Waals surface area contributed by atoms with Crippen molar-refractivity contribution in [1.82, 2.24) is 14.5 Å². The summed E-state index contributed by atoms with van der Waals surface area (Å²) in [4.78, 5) is 18.8. The van der Waals surface area contributed by atoms with Gasteiger partial charge in [0.05, 0.1) is 17.1 Å². The summed E-state index contributed by atoms with van der Waals surface area (Å²) < 4.78 is 2.12. The van der Waals surface area contributed by atoms with Gasteiger partial charge in [-0.25, -0.2) is 4.98 Å². The number of imidazole rings is 1. The average Bonchev–Trinajstić information content (AvgIpc) is 2.97. The molecule has 1 aliphatic rings. The van der Waals surface area contributed by atoms with Crippen LogP contribution in [0.25, 0.3) is 11.0 Å². The van der Waals surface area contributed by atoms with Crippen LogP contribution >= 0.6 is 0 Å². The van der Waals surface area contributed by atoms with Gasteiger partial charge in [0.25, 0.3) is 0 Å². The van der Waals surface area contributed by atoms with E-state index in [9.17, 15) is 15.0 Å². The Morgan fingerprint density at radius 2 is 2.17 bits per heavy atom. The van der Waals surface area contributed by atoms with Crippen LogP contribution in [-0.4, -0.2) is 56.4 Å². The molecular weight excluding hydrogens is 306 g/mol. The van der Waals surface area contributed by atoms with Crippen molar-refractivity contribution < 1.29 is 15.0 Å². The number of aliphatic hydroxyl groups excluding tert-OH is 2. The monoisotopic (exact) mass is 331 g/mol. The lowest BCUT2D eigenvalue weighted by Crippen LogP contribution is -2.47. The Balaban J connectivity index is 1.67. The molecular formula is C18H25N3O3. The molecule has 130 valence electrons. The molecule has 0 saturated carbocycles. The van der Waals surface area contributed by atoms with Crippen LogP contribution in [0.4, 0.5) is 0 Å². The van der Waals surface area contributed by atoms with Crippen LogP contribution in [0, 0.1) is 5.92 Å². The van der Waals surface area contributed by atoms with E-state index in [1.165, 1.54) is 0 Å². The van der Waals surface area contributed by atoms with E-state index in [0.29, 0.717) is 32.5 Å². The summed E-state index contributed by atoms with van der Waals surface area (Å²) in [5.41, 5.74) is 2.02. The van der Waals surface area contributed by atoms with Gasteiger partial charge in [0, 0.05) is 45.0 Å². The lowest BCUT2D eigenvalue weighted by molar-refractivity contribution is -0.136. The maximum Gasteiger partial charge on any atom is 0.224 e. The summed E-state index contributed by atoms with van der Waals surface area (Å²) in [6, 6.07) is 7.97. The molecule has 2 atom stereocenters. The molecule has 0 spiro atoms. The van der Waals surface area contributed by atoms with Crippen molar-refractivity contribution in [1.29, 1.82) is 0 Å². The van der Waals surface area contributed by atoms with E-state index in [1.54, 1.807) is 4.90 Å². The third-order valence-corrected chi connectivity index (χ3v) is 4.91. The van der Waals surface area contributed by atoms with Gasteiger partial charge < -0.3 is 19.7 Å². The molecule has 3 rings (SSSR count). The minimum atomic E-state index is -0.632. The minimum Gasteiger partial charge on any atom is -0.396 e. The highest BCUT2D eigenvalue weighted by Crippen LogP contribution is 2.20. The second-order valence-corrected chi connectivity index (χ2v) is 6.41. The van der Waals surface area contributed by atoms with Crippen LogP contribution in [0.15, 0.2) is 24.3 Å². The fourth-order valence-corrected chi connectivity index (χ4v) is 3.43. The van der Waals surface area contributed by atoms with Crippen molar-refractivity contribution >= 4 is 16.9 Å². The Labute approximate surface area is 141 Å². The van der Waals surface area contributed by atoms with Gasteiger partial charge in [0.2, 0.25) is 5.91 Å². The molecule has 0 aliphatic carbocycles. The van der Waals surface area contributed by atoms with E-state index in [4.69, 9.17) is 0 Å². The number of benzene rings is 1. The third kappa shape index (κ3) is 3.30. The van der Waals surface area contributed by atoms with E-state index in [-0.39, 0.29) is 18.4 Å². The molecule has 0 radical (unpaired) electrons. The zero-order valence-electron chi connectivity index (χ0n) is 14.1. The summed E-state index contributed by atoms with van der Waals surface area (Å²) in [7, 11) is 0. The van der Waals surface area contributed by atoms with Crippen LogP contribution in [0.1, 0.15) is 25.6 Å². The Hall–Kier alpha value is -1.92. The number of β-amino-alcohol motifs (C(OH)–C–C–N with tert-alkyl or cyclic N) is 1. The quantitative estimate of drug-likeness (QED) is 0.863. The van der Waals surface area contributed by atoms with E-state index < -0.39 is 6.10 Å². The SMILES string of the molecule is CCc1nc2ccccc2n1CCC(=O)N1CC[C@H](CO)[C@H](O)C1. The standard InChI is InChI=1S/C18H25N3O3/c1-2-17-19-14-5-3-4-6-15(14)21(17)10-8-18(24)20-9-7-13(12-22)16(23)11-20/h3-6,13,16,22-23H,2,7-12H2,1H3/t13-,16-/m1/s1.